The van der Waals surface area contributed by atoms with Crippen LogP contribution in [0.25, 0.3) is 0 Å². The van der Waals surface area contributed by atoms with Gasteiger partial charge in [-0.1, -0.05) is 38.1 Å². The van der Waals surface area contributed by atoms with E-state index >= 15 is 0 Å². The van der Waals surface area contributed by atoms with Crippen molar-refractivity contribution in [1.29, 1.82) is 0 Å². The van der Waals surface area contributed by atoms with Crippen LogP contribution in [0.1, 0.15) is 38.3 Å². The molecule has 0 aliphatic rings. The Morgan fingerprint density at radius 2 is 0.975 bits per heavy atom. The summed E-state index contributed by atoms with van der Waals surface area (Å²) in [7, 11) is 0.584. The highest BCUT2D eigenvalue weighted by Crippen LogP contribution is 2.64. The third-order valence-corrected chi connectivity index (χ3v) is 6.01. The van der Waals surface area contributed by atoms with E-state index in [0.29, 0.717) is 14.0 Å². The number of hydrogen-bond acceptors (Lipinski definition) is 1. The maximum atomic E-state index is 14.7. The lowest BCUT2D eigenvalue weighted by atomic mass is 9.80. The lowest BCUT2D eigenvalue weighted by molar-refractivity contribution is -0.462. The summed E-state index contributed by atoms with van der Waals surface area (Å²) in [5.41, 5.74) is -3.07. The molecule has 1 rings (SSSR count). The van der Waals surface area contributed by atoms with Crippen LogP contribution in [0, 0.1) is 5.92 Å². The van der Waals surface area contributed by atoms with E-state index in [9.17, 15) is 74.6 Å². The normalized spacial score (nSPS) is 16.9. The number of alkyl halides is 17. The van der Waals surface area contributed by atoms with Crippen LogP contribution in [0.3, 0.4) is 0 Å². The summed E-state index contributed by atoms with van der Waals surface area (Å²) in [5.74, 6) is -56.9. The molecular formula is C22H21F17O. The van der Waals surface area contributed by atoms with Gasteiger partial charge in [-0.15, -0.1) is 0 Å². The van der Waals surface area contributed by atoms with Crippen LogP contribution in [-0.4, -0.2) is 54.7 Å². The molecule has 0 heterocycles. The maximum absolute atomic E-state index is 14.7. The van der Waals surface area contributed by atoms with Crippen LogP contribution in [0.4, 0.5) is 74.6 Å². The molecule has 0 spiro atoms. The fourth-order valence-electron chi connectivity index (χ4n) is 3.66. The largest absolute Gasteiger partial charge is 0.460 e. The molecule has 1 unspecified atom stereocenters. The van der Waals surface area contributed by atoms with Gasteiger partial charge in [0.25, 0.3) is 0 Å². The summed E-state index contributed by atoms with van der Waals surface area (Å²) in [6.45, 7) is 3.79. The molecule has 0 N–H and O–H groups in total. The van der Waals surface area contributed by atoms with Gasteiger partial charge in [0.2, 0.25) is 0 Å². The lowest BCUT2D eigenvalue weighted by Gasteiger charge is -2.44. The third-order valence-electron chi connectivity index (χ3n) is 6.01. The van der Waals surface area contributed by atoms with Gasteiger partial charge in [-0.25, -0.2) is 0 Å². The maximum Gasteiger partial charge on any atom is 0.460 e. The van der Waals surface area contributed by atoms with Gasteiger partial charge in [-0.3, -0.25) is 0 Å². The molecule has 1 aromatic rings. The minimum atomic E-state index is -8.66. The van der Waals surface area contributed by atoms with Crippen molar-refractivity contribution in [2.24, 2.45) is 5.92 Å². The van der Waals surface area contributed by atoms with E-state index in [2.05, 4.69) is 0 Å². The zero-order chi connectivity index (χ0) is 32.2. The number of rotatable bonds is 12. The van der Waals surface area contributed by atoms with Crippen molar-refractivity contribution in [3.05, 3.63) is 35.4 Å². The molecule has 1 aromatic carbocycles. The Balaban J connectivity index is 3.71. The highest BCUT2D eigenvalue weighted by Gasteiger charge is 2.95. The Bertz CT molecular complexity index is 1030. The Kier molecular flexibility index (Phi) is 9.33. The second kappa shape index (κ2) is 10.4. The van der Waals surface area contributed by atoms with Gasteiger partial charge in [0.15, 0.2) is 0 Å². The van der Waals surface area contributed by atoms with Gasteiger partial charge in [0.1, 0.15) is 0 Å². The SMILES string of the molecule is COC(C)(CC(F)(F)C(F)(F)C(F)(F)C(F)(F)C(F)(F)C(F)(F)C(F)(F)C(F)(F)F)c1ccccc1CC(C)C. The Labute approximate surface area is 215 Å². The number of ether oxygens (including phenoxy) is 1. The molecule has 18 heteroatoms. The summed E-state index contributed by atoms with van der Waals surface area (Å²) in [4.78, 5) is 0. The highest BCUT2D eigenvalue weighted by atomic mass is 19.4. The van der Waals surface area contributed by atoms with E-state index in [-0.39, 0.29) is 17.9 Å². The smallest absolute Gasteiger partial charge is 0.374 e. The summed E-state index contributed by atoms with van der Waals surface area (Å²) in [6, 6.07) is 4.71. The molecule has 1 nitrogen and oxygen atoms in total. The third kappa shape index (κ3) is 5.32. The van der Waals surface area contributed by atoms with Crippen molar-refractivity contribution < 1.29 is 79.4 Å². The summed E-state index contributed by atoms with van der Waals surface area (Å²) in [5, 5.41) is 0. The summed E-state index contributed by atoms with van der Waals surface area (Å²) < 4.78 is 236. The van der Waals surface area contributed by atoms with E-state index in [1.807, 2.05) is 0 Å². The number of methoxy groups -OCH3 is 1. The predicted molar refractivity (Wildman–Crippen MR) is 105 cm³/mol. The molecule has 0 radical (unpaired) electrons. The summed E-state index contributed by atoms with van der Waals surface area (Å²) in [6.07, 6.45) is -10.5. The van der Waals surface area contributed by atoms with Crippen LogP contribution < -0.4 is 0 Å². The van der Waals surface area contributed by atoms with Gasteiger partial charge in [0, 0.05) is 7.11 Å². The van der Waals surface area contributed by atoms with Crippen LogP contribution in [0.15, 0.2) is 24.3 Å². The Hall–Kier alpha value is -2.01. The Morgan fingerprint density at radius 1 is 0.600 bits per heavy atom. The minimum Gasteiger partial charge on any atom is -0.374 e. The highest BCUT2D eigenvalue weighted by molar-refractivity contribution is 5.33. The first-order chi connectivity index (χ1) is 17.4. The molecule has 1 atom stereocenters. The van der Waals surface area contributed by atoms with Crippen molar-refractivity contribution in [1.82, 2.24) is 0 Å². The number of benzene rings is 1. The molecule has 0 aliphatic carbocycles. The van der Waals surface area contributed by atoms with Crippen LogP contribution in [0.5, 0.6) is 0 Å². The molecule has 0 fully saturated rings. The molecule has 0 saturated carbocycles. The van der Waals surface area contributed by atoms with Gasteiger partial charge in [-0.2, -0.15) is 74.6 Å². The van der Waals surface area contributed by atoms with E-state index in [0.717, 1.165) is 12.1 Å². The molecule has 0 aliphatic heterocycles. The van der Waals surface area contributed by atoms with E-state index in [4.69, 9.17) is 4.74 Å². The fraction of sp³-hybridized carbons (Fsp3) is 0.727. The molecule has 234 valence electrons. The van der Waals surface area contributed by atoms with Crippen molar-refractivity contribution >= 4 is 0 Å². The van der Waals surface area contributed by atoms with Crippen molar-refractivity contribution in [2.45, 2.75) is 86.8 Å². The monoisotopic (exact) mass is 624 g/mol. The molecule has 40 heavy (non-hydrogen) atoms. The van der Waals surface area contributed by atoms with Crippen molar-refractivity contribution in [3.63, 3.8) is 0 Å². The van der Waals surface area contributed by atoms with E-state index in [1.165, 1.54) is 12.1 Å². The average molecular weight is 624 g/mol. The lowest BCUT2D eigenvalue weighted by Crippen LogP contribution is -2.74. The zero-order valence-electron chi connectivity index (χ0n) is 20.6. The molecule has 0 aromatic heterocycles. The second-order valence-electron chi connectivity index (χ2n) is 9.52. The van der Waals surface area contributed by atoms with Crippen LogP contribution >= 0.6 is 0 Å². The van der Waals surface area contributed by atoms with Gasteiger partial charge in [0.05, 0.1) is 12.0 Å². The Morgan fingerprint density at radius 3 is 1.35 bits per heavy atom. The quantitative estimate of drug-likeness (QED) is 0.211. The van der Waals surface area contributed by atoms with E-state index < -0.39 is 65.2 Å². The van der Waals surface area contributed by atoms with Crippen LogP contribution in [-0.2, 0) is 16.8 Å². The number of halogens is 17. The first-order valence-corrected chi connectivity index (χ1v) is 10.8. The van der Waals surface area contributed by atoms with Gasteiger partial charge < -0.3 is 4.74 Å². The standard InChI is InChI=1S/C22H21F17O/c1-11(2)9-12-7-5-6-8-13(12)14(3,40-4)10-15(23,24)16(25,26)17(27,28)18(29,30)19(31,32)20(33,34)21(35,36)22(37,38)39/h5-8,11H,9-10H2,1-4H3. The molecule has 0 bridgehead atoms. The van der Waals surface area contributed by atoms with Crippen molar-refractivity contribution in [2.75, 3.05) is 7.11 Å². The minimum absolute atomic E-state index is 0.0278. The van der Waals surface area contributed by atoms with Gasteiger partial charge >= 0.3 is 47.6 Å². The fourth-order valence-corrected chi connectivity index (χ4v) is 3.66. The average Bonchev–Trinajstić information content (AvgIpc) is 2.77. The van der Waals surface area contributed by atoms with E-state index in [1.54, 1.807) is 13.8 Å². The van der Waals surface area contributed by atoms with Crippen LogP contribution in [0.2, 0.25) is 0 Å². The van der Waals surface area contributed by atoms with Gasteiger partial charge in [-0.05, 0) is 30.4 Å². The van der Waals surface area contributed by atoms with Crippen molar-refractivity contribution in [3.8, 4) is 0 Å². The summed E-state index contributed by atoms with van der Waals surface area (Å²) >= 11 is 0. The second-order valence-corrected chi connectivity index (χ2v) is 9.52. The molecular weight excluding hydrogens is 603 g/mol. The first-order valence-electron chi connectivity index (χ1n) is 10.8. The molecule has 0 amide bonds. The topological polar surface area (TPSA) is 9.23 Å². The number of hydrogen-bond donors (Lipinski definition) is 0. The molecule has 0 saturated heterocycles. The predicted octanol–water partition coefficient (Wildman–Crippen LogP) is 9.15. The zero-order valence-corrected chi connectivity index (χ0v) is 20.6. The first kappa shape index (κ1) is 36.0.